The molecule has 179 valence electrons. The fourth-order valence-corrected chi connectivity index (χ4v) is 4.32. The number of para-hydroxylation sites is 1. The predicted molar refractivity (Wildman–Crippen MR) is 146 cm³/mol. The summed E-state index contributed by atoms with van der Waals surface area (Å²) in [6.45, 7) is 1.95. The van der Waals surface area contributed by atoms with Crippen molar-refractivity contribution in [2.75, 3.05) is 0 Å². The molecule has 0 aliphatic rings. The molecule has 0 bridgehead atoms. The van der Waals surface area contributed by atoms with E-state index in [9.17, 15) is 4.79 Å². The molecule has 0 spiro atoms. The first-order valence-electron chi connectivity index (χ1n) is 11.2. The van der Waals surface area contributed by atoms with Crippen LogP contribution in [-0.4, -0.2) is 10.8 Å². The van der Waals surface area contributed by atoms with Crippen molar-refractivity contribution in [3.05, 3.63) is 137 Å². The molecule has 4 aromatic carbocycles. The minimum atomic E-state index is -0.0267. The molecule has 2 heterocycles. The first-order chi connectivity index (χ1) is 17.1. The molecule has 0 amide bonds. The number of aromatic nitrogens is 2. The Kier molecular flexibility index (Phi) is 8.27. The van der Waals surface area contributed by atoms with Crippen LogP contribution in [0, 0.1) is 13.0 Å². The van der Waals surface area contributed by atoms with E-state index >= 15 is 0 Å². The van der Waals surface area contributed by atoms with Gasteiger partial charge < -0.3 is 9.97 Å². The van der Waals surface area contributed by atoms with Gasteiger partial charge in [-0.05, 0) is 59.1 Å². The molecule has 36 heavy (non-hydrogen) atoms. The smallest absolute Gasteiger partial charge is 0.171 e. The van der Waals surface area contributed by atoms with Crippen LogP contribution in [0.15, 0.2) is 114 Å². The van der Waals surface area contributed by atoms with Crippen LogP contribution in [0.1, 0.15) is 21.6 Å². The van der Waals surface area contributed by atoms with Crippen molar-refractivity contribution in [1.29, 1.82) is 0 Å². The number of aryl methyl sites for hydroxylation is 1. The third kappa shape index (κ3) is 5.39. The van der Waals surface area contributed by atoms with Crippen molar-refractivity contribution in [3.63, 3.8) is 0 Å². The topological polar surface area (TPSA) is 44.1 Å². The summed E-state index contributed by atoms with van der Waals surface area (Å²) in [6.07, 6.45) is 1.85. The van der Waals surface area contributed by atoms with Crippen molar-refractivity contribution in [1.82, 2.24) is 9.97 Å². The molecule has 0 aliphatic carbocycles. The van der Waals surface area contributed by atoms with Crippen LogP contribution in [0.5, 0.6) is 0 Å². The number of hydrogen-bond donors (Lipinski definition) is 0. The summed E-state index contributed by atoms with van der Waals surface area (Å²) in [5.41, 5.74) is 5.07. The Balaban J connectivity index is 0.000000167. The maximum Gasteiger partial charge on any atom is 0.171 e. The van der Waals surface area contributed by atoms with Crippen LogP contribution in [0.2, 0.25) is 0 Å². The maximum atomic E-state index is 12.5. The van der Waals surface area contributed by atoms with Crippen molar-refractivity contribution in [3.8, 4) is 11.3 Å². The summed E-state index contributed by atoms with van der Waals surface area (Å²) >= 11 is 3.37. The van der Waals surface area contributed by atoms with Crippen molar-refractivity contribution in [2.24, 2.45) is 0 Å². The molecular formula is C31H21BrIrN2O-2. The molecule has 5 heteroatoms. The average molecular weight is 710 g/mol. The number of fused-ring (bicyclic) bond motifs is 2. The Morgan fingerprint density at radius 1 is 0.833 bits per heavy atom. The summed E-state index contributed by atoms with van der Waals surface area (Å²) < 4.78 is 0.960. The molecule has 0 aliphatic heterocycles. The SMILES string of the molecule is Cc1c(C(=O)c2ccc(Br)cc2)[n-]c2ccccc12.[Ir].[c-]1ccccc1-c1nccc2ccccc12. The molecule has 0 atom stereocenters. The van der Waals surface area contributed by atoms with Crippen LogP contribution in [0.4, 0.5) is 0 Å². The van der Waals surface area contributed by atoms with Gasteiger partial charge in [0.2, 0.25) is 0 Å². The summed E-state index contributed by atoms with van der Waals surface area (Å²) in [4.78, 5) is 21.4. The molecule has 0 saturated heterocycles. The van der Waals surface area contributed by atoms with Gasteiger partial charge in [-0.3, -0.25) is 4.79 Å². The fourth-order valence-electron chi connectivity index (χ4n) is 4.05. The zero-order valence-corrected chi connectivity index (χ0v) is 23.4. The van der Waals surface area contributed by atoms with Gasteiger partial charge in [-0.15, -0.1) is 41.4 Å². The van der Waals surface area contributed by atoms with Gasteiger partial charge in [0.25, 0.3) is 0 Å². The van der Waals surface area contributed by atoms with Crippen LogP contribution in [0.25, 0.3) is 32.9 Å². The number of hydrogen-bond acceptors (Lipinski definition) is 2. The zero-order chi connectivity index (χ0) is 24.2. The van der Waals surface area contributed by atoms with Crippen LogP contribution in [0.3, 0.4) is 0 Å². The van der Waals surface area contributed by atoms with Gasteiger partial charge in [0.15, 0.2) is 5.78 Å². The van der Waals surface area contributed by atoms with Gasteiger partial charge in [-0.2, -0.15) is 0 Å². The monoisotopic (exact) mass is 709 g/mol. The number of carbonyl (C=O) groups is 1. The summed E-state index contributed by atoms with van der Waals surface area (Å²) in [5, 5.41) is 3.43. The van der Waals surface area contributed by atoms with E-state index in [1.54, 1.807) is 0 Å². The van der Waals surface area contributed by atoms with Crippen molar-refractivity contribution < 1.29 is 24.9 Å². The van der Waals surface area contributed by atoms with Gasteiger partial charge in [0.1, 0.15) is 0 Å². The van der Waals surface area contributed by atoms with Crippen LogP contribution in [-0.2, 0) is 20.1 Å². The second kappa shape index (κ2) is 11.6. The van der Waals surface area contributed by atoms with Gasteiger partial charge in [-0.25, -0.2) is 0 Å². The summed E-state index contributed by atoms with van der Waals surface area (Å²) in [6, 6.07) is 36.6. The molecule has 0 saturated carbocycles. The fraction of sp³-hybridized carbons (Fsp3) is 0.0323. The Labute approximate surface area is 232 Å². The minimum Gasteiger partial charge on any atom is -0.654 e. The second-order valence-corrected chi connectivity index (χ2v) is 9.01. The molecular weight excluding hydrogens is 688 g/mol. The summed E-state index contributed by atoms with van der Waals surface area (Å²) in [5.74, 6) is -0.0267. The standard InChI is InChI=1S/C16H12BrNO.C15H10N.Ir/c1-10-13-4-2-3-5-14(13)18-15(10)16(19)11-6-8-12(17)9-7-11;1-2-7-13(8-3-1)15-14-9-5-4-6-12(14)10-11-16-15;/h2-9H,1H3,(H,18,19);1-7,9-11H;/q;-1;/p-1. The molecule has 0 N–H and O–H groups in total. The second-order valence-electron chi connectivity index (χ2n) is 8.10. The van der Waals surface area contributed by atoms with Crippen LogP contribution < -0.4 is 4.98 Å². The molecule has 2 aromatic heterocycles. The van der Waals surface area contributed by atoms with Gasteiger partial charge >= 0.3 is 0 Å². The maximum absolute atomic E-state index is 12.5. The van der Waals surface area contributed by atoms with E-state index in [4.69, 9.17) is 0 Å². The third-order valence-electron chi connectivity index (χ3n) is 5.85. The first kappa shape index (κ1) is 25.7. The van der Waals surface area contributed by atoms with E-state index in [1.165, 1.54) is 10.8 Å². The van der Waals surface area contributed by atoms with Gasteiger partial charge in [-0.1, -0.05) is 75.7 Å². The molecule has 6 aromatic rings. The Morgan fingerprint density at radius 3 is 2.25 bits per heavy atom. The molecule has 0 fully saturated rings. The number of halogens is 1. The largest absolute Gasteiger partial charge is 0.654 e. The van der Waals surface area contributed by atoms with E-state index in [0.29, 0.717) is 11.3 Å². The van der Waals surface area contributed by atoms with E-state index in [0.717, 1.165) is 32.2 Å². The number of benzene rings is 4. The normalized spacial score (nSPS) is 10.4. The zero-order valence-electron chi connectivity index (χ0n) is 19.4. The number of pyridine rings is 1. The minimum absolute atomic E-state index is 0. The van der Waals surface area contributed by atoms with Crippen LogP contribution >= 0.6 is 15.9 Å². The number of rotatable bonds is 3. The van der Waals surface area contributed by atoms with E-state index < -0.39 is 0 Å². The van der Waals surface area contributed by atoms with E-state index in [2.05, 4.69) is 44.1 Å². The first-order valence-corrected chi connectivity index (χ1v) is 12.0. The molecule has 0 unspecified atom stereocenters. The van der Waals surface area contributed by atoms with Crippen molar-refractivity contribution >= 4 is 43.4 Å². The quantitative estimate of drug-likeness (QED) is 0.139. The van der Waals surface area contributed by atoms with E-state index in [-0.39, 0.29) is 25.9 Å². The number of nitrogens with zero attached hydrogens (tertiary/aromatic N) is 2. The number of ketones is 1. The number of carbonyl (C=O) groups excluding carboxylic acids is 1. The van der Waals surface area contributed by atoms with E-state index in [1.807, 2.05) is 104 Å². The Bertz CT molecular complexity index is 1620. The Morgan fingerprint density at radius 2 is 1.53 bits per heavy atom. The predicted octanol–water partition coefficient (Wildman–Crippen LogP) is 7.80. The molecule has 3 nitrogen and oxygen atoms in total. The van der Waals surface area contributed by atoms with Gasteiger partial charge in [0.05, 0.1) is 0 Å². The Hall–Kier alpha value is -3.37. The third-order valence-corrected chi connectivity index (χ3v) is 6.38. The average Bonchev–Trinajstić information content (AvgIpc) is 3.26. The van der Waals surface area contributed by atoms with Gasteiger partial charge in [0, 0.05) is 36.3 Å². The summed E-state index contributed by atoms with van der Waals surface area (Å²) in [7, 11) is 0. The van der Waals surface area contributed by atoms with Crippen molar-refractivity contribution in [2.45, 2.75) is 6.92 Å². The molecule has 6 rings (SSSR count). The molecule has 1 radical (unpaired) electrons.